The molecule has 0 fully saturated rings. The third kappa shape index (κ3) is 3.18. The summed E-state index contributed by atoms with van der Waals surface area (Å²) in [7, 11) is 0.296. The van der Waals surface area contributed by atoms with Crippen molar-refractivity contribution in [3.05, 3.63) is 12.4 Å². The van der Waals surface area contributed by atoms with Crippen LogP contribution in [-0.2, 0) is 4.65 Å². The summed E-state index contributed by atoms with van der Waals surface area (Å²) in [4.78, 5) is 7.98. The lowest BCUT2D eigenvalue weighted by Crippen LogP contribution is -2.49. The molecule has 1 aromatic heterocycles. The maximum Gasteiger partial charge on any atom is 0.331 e. The van der Waals surface area contributed by atoms with Crippen LogP contribution in [0.15, 0.2) is 12.4 Å². The molecular formula is C10H18BN3O2. The Morgan fingerprint density at radius 2 is 1.88 bits per heavy atom. The van der Waals surface area contributed by atoms with Gasteiger partial charge in [0, 0.05) is 6.20 Å². The van der Waals surface area contributed by atoms with Crippen LogP contribution >= 0.6 is 0 Å². The van der Waals surface area contributed by atoms with Crippen LogP contribution in [0, 0.1) is 0 Å². The summed E-state index contributed by atoms with van der Waals surface area (Å²) in [6.07, 6.45) is 3.05. The number of nitrogen functional groups attached to an aromatic ring is 1. The highest BCUT2D eigenvalue weighted by atomic mass is 16.5. The van der Waals surface area contributed by atoms with E-state index in [0.717, 1.165) is 0 Å². The molecule has 0 saturated carbocycles. The first-order valence-corrected chi connectivity index (χ1v) is 5.15. The second kappa shape index (κ2) is 4.39. The Morgan fingerprint density at radius 3 is 2.31 bits per heavy atom. The fourth-order valence-corrected chi connectivity index (χ4v) is 0.870. The van der Waals surface area contributed by atoms with Gasteiger partial charge in [-0.05, 0) is 27.7 Å². The van der Waals surface area contributed by atoms with E-state index < -0.39 is 11.2 Å². The van der Waals surface area contributed by atoms with Crippen molar-refractivity contribution in [2.45, 2.75) is 38.9 Å². The molecule has 88 valence electrons. The largest absolute Gasteiger partial charge is 0.425 e. The van der Waals surface area contributed by atoms with Gasteiger partial charge in [0.05, 0.1) is 23.0 Å². The number of aromatic nitrogens is 2. The Kier molecular flexibility index (Phi) is 3.55. The predicted molar refractivity (Wildman–Crippen MR) is 64.7 cm³/mol. The summed E-state index contributed by atoms with van der Waals surface area (Å²) in [5.41, 5.74) is 4.53. The van der Waals surface area contributed by atoms with Gasteiger partial charge in [-0.15, -0.1) is 0 Å². The Balaban J connectivity index is 2.61. The normalized spacial score (nSPS) is 12.6. The molecule has 0 atom stereocenters. The zero-order valence-electron chi connectivity index (χ0n) is 10.2. The molecule has 1 heterocycles. The summed E-state index contributed by atoms with van der Waals surface area (Å²) in [6.45, 7) is 7.08. The van der Waals surface area contributed by atoms with Crippen molar-refractivity contribution in [1.82, 2.24) is 9.97 Å². The first kappa shape index (κ1) is 12.9. The molecule has 0 aliphatic rings. The molecule has 0 saturated heterocycles. The van der Waals surface area contributed by atoms with Crippen LogP contribution in [0.3, 0.4) is 0 Å². The lowest BCUT2D eigenvalue weighted by atomic mass is 9.85. The van der Waals surface area contributed by atoms with Crippen LogP contribution in [0.1, 0.15) is 27.7 Å². The summed E-state index contributed by atoms with van der Waals surface area (Å²) >= 11 is 0. The highest BCUT2D eigenvalue weighted by Gasteiger charge is 2.35. The van der Waals surface area contributed by atoms with Gasteiger partial charge in [-0.2, -0.15) is 0 Å². The lowest BCUT2D eigenvalue weighted by molar-refractivity contribution is -0.0893. The van der Waals surface area contributed by atoms with E-state index in [4.69, 9.17) is 10.4 Å². The van der Waals surface area contributed by atoms with Crippen molar-refractivity contribution >= 4 is 18.9 Å². The third-order valence-electron chi connectivity index (χ3n) is 2.78. The van der Waals surface area contributed by atoms with Gasteiger partial charge < -0.3 is 15.5 Å². The monoisotopic (exact) mass is 223 g/mol. The minimum absolute atomic E-state index is 0.296. The molecule has 0 aromatic carbocycles. The fourth-order valence-electron chi connectivity index (χ4n) is 0.870. The van der Waals surface area contributed by atoms with Crippen molar-refractivity contribution in [2.75, 3.05) is 5.73 Å². The molecule has 0 amide bonds. The molecule has 0 aliphatic heterocycles. The number of hydrogen-bond donors (Lipinski definition) is 2. The topological polar surface area (TPSA) is 81.3 Å². The van der Waals surface area contributed by atoms with Crippen molar-refractivity contribution < 1.29 is 9.76 Å². The lowest BCUT2D eigenvalue weighted by Gasteiger charge is -2.37. The van der Waals surface area contributed by atoms with Crippen LogP contribution in [0.25, 0.3) is 0 Å². The van der Waals surface area contributed by atoms with E-state index in [9.17, 15) is 5.11 Å². The van der Waals surface area contributed by atoms with Gasteiger partial charge >= 0.3 is 7.48 Å². The third-order valence-corrected chi connectivity index (χ3v) is 2.78. The van der Waals surface area contributed by atoms with Crippen LogP contribution in [-0.4, -0.2) is 33.8 Å². The molecule has 16 heavy (non-hydrogen) atoms. The van der Waals surface area contributed by atoms with E-state index in [0.29, 0.717) is 18.9 Å². The van der Waals surface area contributed by atoms with Crippen LogP contribution in [0.5, 0.6) is 0 Å². The first-order chi connectivity index (χ1) is 7.22. The smallest absolute Gasteiger partial charge is 0.331 e. The first-order valence-electron chi connectivity index (χ1n) is 5.15. The van der Waals surface area contributed by atoms with Crippen LogP contribution in [0.2, 0.25) is 0 Å². The van der Waals surface area contributed by atoms with Crippen molar-refractivity contribution in [2.24, 2.45) is 0 Å². The molecule has 0 aliphatic carbocycles. The highest BCUT2D eigenvalue weighted by molar-refractivity contribution is 6.45. The summed E-state index contributed by atoms with van der Waals surface area (Å²) in [6, 6.07) is 0. The van der Waals surface area contributed by atoms with Crippen LogP contribution < -0.4 is 11.3 Å². The molecule has 0 unspecified atom stereocenters. The Bertz CT molecular complexity index is 346. The zero-order valence-corrected chi connectivity index (χ0v) is 10.2. The zero-order chi connectivity index (χ0) is 12.4. The SMILES string of the molecule is CC(C)(O)C(C)(C)OBc1cnc(N)cn1. The summed E-state index contributed by atoms with van der Waals surface area (Å²) < 4.78 is 5.63. The second-order valence-corrected chi connectivity index (χ2v) is 4.79. The Labute approximate surface area is 96.3 Å². The van der Waals surface area contributed by atoms with Crippen molar-refractivity contribution in [3.8, 4) is 0 Å². The quantitative estimate of drug-likeness (QED) is 0.679. The molecule has 5 nitrogen and oxygen atoms in total. The molecule has 0 bridgehead atoms. The highest BCUT2D eigenvalue weighted by Crippen LogP contribution is 2.23. The molecule has 3 N–H and O–H groups in total. The number of hydrogen-bond acceptors (Lipinski definition) is 5. The van der Waals surface area contributed by atoms with Gasteiger partial charge in [0.25, 0.3) is 0 Å². The average molecular weight is 223 g/mol. The number of aliphatic hydroxyl groups is 1. The van der Waals surface area contributed by atoms with E-state index in [-0.39, 0.29) is 0 Å². The second-order valence-electron chi connectivity index (χ2n) is 4.79. The van der Waals surface area contributed by atoms with E-state index in [1.54, 1.807) is 20.0 Å². The predicted octanol–water partition coefficient (Wildman–Crippen LogP) is -0.398. The molecular weight excluding hydrogens is 205 g/mol. The minimum atomic E-state index is -0.922. The summed E-state index contributed by atoms with van der Waals surface area (Å²) in [5, 5.41) is 9.89. The van der Waals surface area contributed by atoms with Crippen LogP contribution in [0.4, 0.5) is 5.82 Å². The standard InChI is InChI=1S/C10H18BN3O2/c1-9(2,15)10(3,4)16-11-7-5-14-8(12)6-13-7/h5-6,11,15H,1-4H3,(H2,12,14). The van der Waals surface area contributed by atoms with E-state index in [2.05, 4.69) is 9.97 Å². The van der Waals surface area contributed by atoms with Gasteiger partial charge in [-0.1, -0.05) is 0 Å². The molecule has 6 heteroatoms. The molecule has 1 rings (SSSR count). The van der Waals surface area contributed by atoms with Gasteiger partial charge in [-0.25, -0.2) is 4.98 Å². The number of rotatable bonds is 4. The van der Waals surface area contributed by atoms with Crippen molar-refractivity contribution in [1.29, 1.82) is 0 Å². The number of nitrogens with two attached hydrogens (primary N) is 1. The molecule has 1 aromatic rings. The van der Waals surface area contributed by atoms with Gasteiger partial charge in [-0.3, -0.25) is 4.98 Å². The Morgan fingerprint density at radius 1 is 1.25 bits per heavy atom. The van der Waals surface area contributed by atoms with Gasteiger partial charge in [0.1, 0.15) is 5.82 Å². The number of anilines is 1. The molecule has 0 spiro atoms. The maximum atomic E-state index is 9.89. The van der Waals surface area contributed by atoms with Crippen molar-refractivity contribution in [3.63, 3.8) is 0 Å². The number of nitrogens with zero attached hydrogens (tertiary/aromatic N) is 2. The summed E-state index contributed by atoms with van der Waals surface area (Å²) in [5.74, 6) is 0.380. The van der Waals surface area contributed by atoms with E-state index >= 15 is 0 Å². The fraction of sp³-hybridized carbons (Fsp3) is 0.600. The van der Waals surface area contributed by atoms with E-state index in [1.807, 2.05) is 13.8 Å². The average Bonchev–Trinajstić information content (AvgIpc) is 2.15. The maximum absolute atomic E-state index is 9.89. The van der Waals surface area contributed by atoms with Gasteiger partial charge in [0.2, 0.25) is 0 Å². The minimum Gasteiger partial charge on any atom is -0.425 e. The Hall–Kier alpha value is -1.14. The van der Waals surface area contributed by atoms with E-state index in [1.165, 1.54) is 6.20 Å². The molecule has 0 radical (unpaired) electrons. The van der Waals surface area contributed by atoms with Gasteiger partial charge in [0.15, 0.2) is 0 Å².